The lowest BCUT2D eigenvalue weighted by Crippen LogP contribution is -2.37. The number of benzene rings is 1. The van der Waals surface area contributed by atoms with Crippen molar-refractivity contribution < 1.29 is 8.42 Å². The number of nitrogens with zero attached hydrogens (tertiary/aromatic N) is 1. The first-order chi connectivity index (χ1) is 10.5. The van der Waals surface area contributed by atoms with E-state index in [1.165, 1.54) is 11.3 Å². The summed E-state index contributed by atoms with van der Waals surface area (Å²) in [5.74, 6) is 0. The standard InChI is InChI=1S/C15H19N3O2S2/c1-11-10-21-15(18-11)12-4-2-6-14(8-12)22(19,20)17-9-13-5-3-7-16-13/h2,4,6,8,10,13,16-17H,3,5,7,9H2,1H3. The molecule has 0 spiro atoms. The van der Waals surface area contributed by atoms with E-state index in [0.717, 1.165) is 35.7 Å². The highest BCUT2D eigenvalue weighted by Crippen LogP contribution is 2.25. The van der Waals surface area contributed by atoms with Crippen LogP contribution in [0.5, 0.6) is 0 Å². The van der Waals surface area contributed by atoms with Crippen LogP contribution in [0.4, 0.5) is 0 Å². The van der Waals surface area contributed by atoms with Gasteiger partial charge in [-0.15, -0.1) is 11.3 Å². The highest BCUT2D eigenvalue weighted by molar-refractivity contribution is 7.89. The molecule has 2 heterocycles. The van der Waals surface area contributed by atoms with Gasteiger partial charge in [-0.2, -0.15) is 0 Å². The van der Waals surface area contributed by atoms with E-state index < -0.39 is 10.0 Å². The number of hydrogen-bond acceptors (Lipinski definition) is 5. The van der Waals surface area contributed by atoms with Crippen molar-refractivity contribution in [2.24, 2.45) is 0 Å². The molecular weight excluding hydrogens is 318 g/mol. The normalized spacial score (nSPS) is 18.7. The van der Waals surface area contributed by atoms with Crippen LogP contribution in [0, 0.1) is 6.92 Å². The molecule has 1 aromatic heterocycles. The smallest absolute Gasteiger partial charge is 0.240 e. The fraction of sp³-hybridized carbons (Fsp3) is 0.400. The molecular formula is C15H19N3O2S2. The van der Waals surface area contributed by atoms with Gasteiger partial charge in [-0.3, -0.25) is 0 Å². The molecule has 3 rings (SSSR count). The Labute approximate surface area is 134 Å². The summed E-state index contributed by atoms with van der Waals surface area (Å²) < 4.78 is 27.5. The van der Waals surface area contributed by atoms with Crippen LogP contribution in [-0.4, -0.2) is 32.5 Å². The van der Waals surface area contributed by atoms with E-state index in [1.807, 2.05) is 18.4 Å². The maximum absolute atomic E-state index is 12.4. The Bertz CT molecular complexity index is 750. The van der Waals surface area contributed by atoms with E-state index >= 15 is 0 Å². The highest BCUT2D eigenvalue weighted by atomic mass is 32.2. The predicted molar refractivity (Wildman–Crippen MR) is 88.5 cm³/mol. The minimum atomic E-state index is -3.48. The van der Waals surface area contributed by atoms with E-state index in [2.05, 4.69) is 15.0 Å². The fourth-order valence-electron chi connectivity index (χ4n) is 2.51. The zero-order valence-electron chi connectivity index (χ0n) is 12.4. The SMILES string of the molecule is Cc1csc(-c2cccc(S(=O)(=O)NCC3CCCN3)c2)n1. The molecule has 0 amide bonds. The zero-order valence-corrected chi connectivity index (χ0v) is 14.0. The van der Waals surface area contributed by atoms with Gasteiger partial charge < -0.3 is 5.32 Å². The van der Waals surface area contributed by atoms with Gasteiger partial charge in [0.1, 0.15) is 5.01 Å². The third-order valence-electron chi connectivity index (χ3n) is 3.69. The van der Waals surface area contributed by atoms with E-state index in [0.29, 0.717) is 6.54 Å². The summed E-state index contributed by atoms with van der Waals surface area (Å²) in [5, 5.41) is 6.08. The van der Waals surface area contributed by atoms with Crippen LogP contribution in [0.1, 0.15) is 18.5 Å². The van der Waals surface area contributed by atoms with E-state index in [-0.39, 0.29) is 10.9 Å². The van der Waals surface area contributed by atoms with Gasteiger partial charge in [-0.25, -0.2) is 18.1 Å². The minimum Gasteiger partial charge on any atom is -0.313 e. The summed E-state index contributed by atoms with van der Waals surface area (Å²) in [7, 11) is -3.48. The van der Waals surface area contributed by atoms with Crippen LogP contribution in [-0.2, 0) is 10.0 Å². The zero-order chi connectivity index (χ0) is 15.6. The van der Waals surface area contributed by atoms with Crippen molar-refractivity contribution in [2.45, 2.75) is 30.7 Å². The Kier molecular flexibility index (Phi) is 4.58. The number of nitrogens with one attached hydrogen (secondary N) is 2. The van der Waals surface area contributed by atoms with Crippen LogP contribution in [0.3, 0.4) is 0 Å². The molecule has 0 radical (unpaired) electrons. The van der Waals surface area contributed by atoms with Gasteiger partial charge in [0.2, 0.25) is 10.0 Å². The number of aryl methyl sites for hydroxylation is 1. The third-order valence-corrected chi connectivity index (χ3v) is 6.12. The molecule has 1 fully saturated rings. The summed E-state index contributed by atoms with van der Waals surface area (Å²) in [6.45, 7) is 3.32. The summed E-state index contributed by atoms with van der Waals surface area (Å²) in [6.07, 6.45) is 2.12. The monoisotopic (exact) mass is 337 g/mol. The molecule has 1 aliphatic heterocycles. The number of aromatic nitrogens is 1. The molecule has 0 saturated carbocycles. The Morgan fingerprint density at radius 2 is 2.32 bits per heavy atom. The Hall–Kier alpha value is -1.28. The Balaban J connectivity index is 1.78. The summed E-state index contributed by atoms with van der Waals surface area (Å²) in [5.41, 5.74) is 1.78. The van der Waals surface area contributed by atoms with Gasteiger partial charge in [0.25, 0.3) is 0 Å². The van der Waals surface area contributed by atoms with E-state index in [1.54, 1.807) is 18.2 Å². The van der Waals surface area contributed by atoms with E-state index in [9.17, 15) is 8.42 Å². The molecule has 1 aromatic carbocycles. The van der Waals surface area contributed by atoms with Crippen molar-refractivity contribution >= 4 is 21.4 Å². The van der Waals surface area contributed by atoms with Crippen molar-refractivity contribution in [3.8, 4) is 10.6 Å². The van der Waals surface area contributed by atoms with Crippen molar-refractivity contribution in [1.82, 2.24) is 15.0 Å². The first-order valence-electron chi connectivity index (χ1n) is 7.30. The molecule has 2 aromatic rings. The van der Waals surface area contributed by atoms with Gasteiger partial charge in [0.15, 0.2) is 0 Å². The summed E-state index contributed by atoms with van der Waals surface area (Å²) in [6, 6.07) is 7.18. The molecule has 1 aliphatic rings. The second kappa shape index (κ2) is 6.45. The number of rotatable bonds is 5. The number of hydrogen-bond donors (Lipinski definition) is 2. The topological polar surface area (TPSA) is 71.1 Å². The van der Waals surface area contributed by atoms with Crippen molar-refractivity contribution in [2.75, 3.05) is 13.1 Å². The van der Waals surface area contributed by atoms with Crippen LogP contribution >= 0.6 is 11.3 Å². The average Bonchev–Trinajstić information content (AvgIpc) is 3.17. The summed E-state index contributed by atoms with van der Waals surface area (Å²) >= 11 is 1.52. The van der Waals surface area contributed by atoms with Gasteiger partial charge in [0.05, 0.1) is 4.90 Å². The quantitative estimate of drug-likeness (QED) is 0.877. The molecule has 7 heteroatoms. The molecule has 1 saturated heterocycles. The van der Waals surface area contributed by atoms with Crippen LogP contribution in [0.25, 0.3) is 10.6 Å². The molecule has 22 heavy (non-hydrogen) atoms. The van der Waals surface area contributed by atoms with Crippen molar-refractivity contribution in [1.29, 1.82) is 0 Å². The fourth-order valence-corrected chi connectivity index (χ4v) is 4.43. The molecule has 1 unspecified atom stereocenters. The minimum absolute atomic E-state index is 0.236. The molecule has 5 nitrogen and oxygen atoms in total. The lowest BCUT2D eigenvalue weighted by molar-refractivity contribution is 0.552. The number of sulfonamides is 1. The van der Waals surface area contributed by atoms with Crippen LogP contribution in [0.2, 0.25) is 0 Å². The van der Waals surface area contributed by atoms with Gasteiger partial charge in [-0.05, 0) is 38.4 Å². The Morgan fingerprint density at radius 1 is 1.45 bits per heavy atom. The average molecular weight is 337 g/mol. The van der Waals surface area contributed by atoms with E-state index in [4.69, 9.17) is 0 Å². The second-order valence-corrected chi connectivity index (χ2v) is 8.09. The van der Waals surface area contributed by atoms with Crippen molar-refractivity contribution in [3.63, 3.8) is 0 Å². The van der Waals surface area contributed by atoms with Gasteiger partial charge >= 0.3 is 0 Å². The molecule has 2 N–H and O–H groups in total. The van der Waals surface area contributed by atoms with Crippen LogP contribution in [0.15, 0.2) is 34.5 Å². The summed E-state index contributed by atoms with van der Waals surface area (Å²) in [4.78, 5) is 4.69. The molecule has 118 valence electrons. The third kappa shape index (κ3) is 3.55. The first-order valence-corrected chi connectivity index (χ1v) is 9.66. The van der Waals surface area contributed by atoms with Gasteiger partial charge in [0, 0.05) is 29.2 Å². The largest absolute Gasteiger partial charge is 0.313 e. The predicted octanol–water partition coefficient (Wildman–Crippen LogP) is 2.15. The Morgan fingerprint density at radius 3 is 3.00 bits per heavy atom. The number of thiazole rings is 1. The maximum atomic E-state index is 12.4. The lowest BCUT2D eigenvalue weighted by atomic mass is 10.2. The molecule has 1 atom stereocenters. The highest BCUT2D eigenvalue weighted by Gasteiger charge is 2.19. The van der Waals surface area contributed by atoms with Crippen LogP contribution < -0.4 is 10.0 Å². The molecule has 0 bridgehead atoms. The molecule has 0 aliphatic carbocycles. The lowest BCUT2D eigenvalue weighted by Gasteiger charge is -2.12. The first kappa shape index (κ1) is 15.6. The van der Waals surface area contributed by atoms with Crippen molar-refractivity contribution in [3.05, 3.63) is 35.3 Å². The maximum Gasteiger partial charge on any atom is 0.240 e. The second-order valence-electron chi connectivity index (χ2n) is 5.47. The van der Waals surface area contributed by atoms with Gasteiger partial charge in [-0.1, -0.05) is 12.1 Å².